The van der Waals surface area contributed by atoms with Gasteiger partial charge in [-0.3, -0.25) is 4.79 Å². The van der Waals surface area contributed by atoms with Crippen LogP contribution in [-0.2, 0) is 7.05 Å². The largest absolute Gasteiger partial charge is 0.384 e. The highest BCUT2D eigenvalue weighted by molar-refractivity contribution is 5.91. The molecule has 1 aromatic carbocycles. The van der Waals surface area contributed by atoms with E-state index >= 15 is 0 Å². The quantitative estimate of drug-likeness (QED) is 0.906. The lowest BCUT2D eigenvalue weighted by Crippen LogP contribution is -2.30. The second kappa shape index (κ2) is 6.31. The molecule has 0 amide bonds. The third-order valence-electron chi connectivity index (χ3n) is 4.42. The highest BCUT2D eigenvalue weighted by Gasteiger charge is 2.12. The SMILES string of the molecule is Cn1c(=O)cc(NCCC2CCCNC2)c2ccccc21. The van der Waals surface area contributed by atoms with E-state index in [9.17, 15) is 4.79 Å². The summed E-state index contributed by atoms with van der Waals surface area (Å²) in [6, 6.07) is 9.76. The standard InChI is InChI=1S/C17H23N3O/c1-20-16-7-3-2-6-14(16)15(11-17(20)21)19-10-8-13-5-4-9-18-12-13/h2-3,6-7,11,13,18-19H,4-5,8-10,12H2,1H3. The van der Waals surface area contributed by atoms with Crippen LogP contribution in [-0.4, -0.2) is 24.2 Å². The zero-order valence-electron chi connectivity index (χ0n) is 12.6. The van der Waals surface area contributed by atoms with E-state index in [2.05, 4.69) is 16.7 Å². The number of fused-ring (bicyclic) bond motifs is 1. The van der Waals surface area contributed by atoms with Gasteiger partial charge in [0.15, 0.2) is 0 Å². The molecule has 1 unspecified atom stereocenters. The minimum absolute atomic E-state index is 0.0375. The van der Waals surface area contributed by atoms with Gasteiger partial charge < -0.3 is 15.2 Å². The molecule has 0 radical (unpaired) electrons. The van der Waals surface area contributed by atoms with Crippen molar-refractivity contribution in [3.8, 4) is 0 Å². The topological polar surface area (TPSA) is 46.1 Å². The number of anilines is 1. The molecule has 0 spiro atoms. The summed E-state index contributed by atoms with van der Waals surface area (Å²) in [6.07, 6.45) is 3.74. The Balaban J connectivity index is 1.74. The number of hydrogen-bond acceptors (Lipinski definition) is 3. The second-order valence-electron chi connectivity index (χ2n) is 5.90. The van der Waals surface area contributed by atoms with E-state index in [1.807, 2.05) is 25.2 Å². The van der Waals surface area contributed by atoms with Crippen molar-refractivity contribution in [2.24, 2.45) is 13.0 Å². The number of hydrogen-bond donors (Lipinski definition) is 2. The summed E-state index contributed by atoms with van der Waals surface area (Å²) < 4.78 is 1.70. The lowest BCUT2D eigenvalue weighted by atomic mass is 9.96. The maximum absolute atomic E-state index is 12.0. The molecule has 0 bridgehead atoms. The van der Waals surface area contributed by atoms with Gasteiger partial charge in [0.1, 0.15) is 0 Å². The number of aryl methyl sites for hydroxylation is 1. The number of pyridine rings is 1. The Hall–Kier alpha value is -1.81. The van der Waals surface area contributed by atoms with Gasteiger partial charge in [0, 0.05) is 30.7 Å². The number of benzene rings is 1. The Bertz CT molecular complexity index is 671. The van der Waals surface area contributed by atoms with Crippen LogP contribution >= 0.6 is 0 Å². The smallest absolute Gasteiger partial charge is 0.252 e. The molecule has 4 nitrogen and oxygen atoms in total. The average Bonchev–Trinajstić information content (AvgIpc) is 2.53. The van der Waals surface area contributed by atoms with Gasteiger partial charge in [-0.25, -0.2) is 0 Å². The zero-order valence-corrected chi connectivity index (χ0v) is 12.6. The molecule has 2 aromatic rings. The van der Waals surface area contributed by atoms with Crippen LogP contribution in [0.2, 0.25) is 0 Å². The van der Waals surface area contributed by atoms with Gasteiger partial charge in [-0.1, -0.05) is 18.2 Å². The van der Waals surface area contributed by atoms with Gasteiger partial charge in [0.05, 0.1) is 5.52 Å². The summed E-state index contributed by atoms with van der Waals surface area (Å²) in [5.74, 6) is 0.754. The summed E-state index contributed by atoms with van der Waals surface area (Å²) in [5, 5.41) is 8.02. The molecule has 2 N–H and O–H groups in total. The molecule has 1 atom stereocenters. The van der Waals surface area contributed by atoms with Crippen molar-refractivity contribution >= 4 is 16.6 Å². The summed E-state index contributed by atoms with van der Waals surface area (Å²) in [4.78, 5) is 12.0. The molecule has 21 heavy (non-hydrogen) atoms. The first-order valence-electron chi connectivity index (χ1n) is 7.79. The molecular weight excluding hydrogens is 262 g/mol. The fourth-order valence-corrected chi connectivity index (χ4v) is 3.14. The first kappa shape index (κ1) is 14.1. The number of rotatable bonds is 4. The number of nitrogens with zero attached hydrogens (tertiary/aromatic N) is 1. The van der Waals surface area contributed by atoms with Crippen molar-refractivity contribution in [2.45, 2.75) is 19.3 Å². The van der Waals surface area contributed by atoms with Crippen LogP contribution in [0.15, 0.2) is 35.1 Å². The lowest BCUT2D eigenvalue weighted by molar-refractivity contribution is 0.364. The lowest BCUT2D eigenvalue weighted by Gasteiger charge is -2.23. The van der Waals surface area contributed by atoms with Gasteiger partial charge in [-0.05, 0) is 44.3 Å². The van der Waals surface area contributed by atoms with E-state index in [4.69, 9.17) is 0 Å². The van der Waals surface area contributed by atoms with E-state index in [-0.39, 0.29) is 5.56 Å². The molecule has 1 aliphatic heterocycles. The molecule has 1 aliphatic rings. The summed E-state index contributed by atoms with van der Waals surface area (Å²) in [5.41, 5.74) is 1.97. The minimum Gasteiger partial charge on any atom is -0.384 e. The molecule has 3 rings (SSSR count). The van der Waals surface area contributed by atoms with Crippen molar-refractivity contribution in [3.63, 3.8) is 0 Å². The number of para-hydroxylation sites is 1. The minimum atomic E-state index is 0.0375. The molecule has 112 valence electrons. The first-order valence-corrected chi connectivity index (χ1v) is 7.79. The third-order valence-corrected chi connectivity index (χ3v) is 4.42. The van der Waals surface area contributed by atoms with Gasteiger partial charge in [0.25, 0.3) is 5.56 Å². The Morgan fingerprint density at radius 3 is 3.05 bits per heavy atom. The number of nitrogens with one attached hydrogen (secondary N) is 2. The maximum atomic E-state index is 12.0. The molecule has 4 heteroatoms. The highest BCUT2D eigenvalue weighted by atomic mass is 16.1. The molecule has 0 aliphatic carbocycles. The predicted octanol–water partition coefficient (Wildman–Crippen LogP) is 2.34. The molecule has 0 saturated carbocycles. The third kappa shape index (κ3) is 3.10. The van der Waals surface area contributed by atoms with E-state index < -0.39 is 0 Å². The van der Waals surface area contributed by atoms with Gasteiger partial charge in [-0.2, -0.15) is 0 Å². The fraction of sp³-hybridized carbons (Fsp3) is 0.471. The Labute approximate surface area is 125 Å². The monoisotopic (exact) mass is 285 g/mol. The Morgan fingerprint density at radius 1 is 1.38 bits per heavy atom. The number of piperidine rings is 1. The van der Waals surface area contributed by atoms with Crippen molar-refractivity contribution < 1.29 is 0 Å². The van der Waals surface area contributed by atoms with Gasteiger partial charge in [-0.15, -0.1) is 0 Å². The Kier molecular flexibility index (Phi) is 4.25. The summed E-state index contributed by atoms with van der Waals surface area (Å²) in [7, 11) is 1.82. The number of aromatic nitrogens is 1. The van der Waals surface area contributed by atoms with Crippen molar-refractivity contribution in [1.82, 2.24) is 9.88 Å². The fourth-order valence-electron chi connectivity index (χ4n) is 3.14. The van der Waals surface area contributed by atoms with Crippen LogP contribution < -0.4 is 16.2 Å². The molecule has 2 heterocycles. The van der Waals surface area contributed by atoms with Gasteiger partial charge >= 0.3 is 0 Å². The van der Waals surface area contributed by atoms with E-state index in [0.29, 0.717) is 0 Å². The van der Waals surface area contributed by atoms with Crippen molar-refractivity contribution in [1.29, 1.82) is 0 Å². The van der Waals surface area contributed by atoms with E-state index in [0.717, 1.165) is 48.6 Å². The van der Waals surface area contributed by atoms with E-state index in [1.54, 1.807) is 10.6 Å². The second-order valence-corrected chi connectivity index (χ2v) is 5.90. The molecule has 1 aromatic heterocycles. The van der Waals surface area contributed by atoms with Crippen LogP contribution in [0.1, 0.15) is 19.3 Å². The average molecular weight is 285 g/mol. The normalized spacial score (nSPS) is 18.8. The zero-order chi connectivity index (χ0) is 14.7. The summed E-state index contributed by atoms with van der Waals surface area (Å²) >= 11 is 0. The molecule has 1 fully saturated rings. The van der Waals surface area contributed by atoms with Crippen molar-refractivity contribution in [2.75, 3.05) is 25.0 Å². The predicted molar refractivity (Wildman–Crippen MR) is 87.9 cm³/mol. The molecular formula is C17H23N3O. The van der Waals surface area contributed by atoms with Crippen LogP contribution in [0.3, 0.4) is 0 Å². The van der Waals surface area contributed by atoms with Gasteiger partial charge in [0.2, 0.25) is 0 Å². The van der Waals surface area contributed by atoms with Crippen LogP contribution in [0, 0.1) is 5.92 Å². The van der Waals surface area contributed by atoms with Crippen LogP contribution in [0.4, 0.5) is 5.69 Å². The highest BCUT2D eigenvalue weighted by Crippen LogP contribution is 2.21. The van der Waals surface area contributed by atoms with E-state index in [1.165, 1.54) is 12.8 Å². The summed E-state index contributed by atoms with van der Waals surface area (Å²) in [6.45, 7) is 3.20. The maximum Gasteiger partial charge on any atom is 0.252 e. The van der Waals surface area contributed by atoms with Crippen LogP contribution in [0.5, 0.6) is 0 Å². The van der Waals surface area contributed by atoms with Crippen molar-refractivity contribution in [3.05, 3.63) is 40.7 Å². The first-order chi connectivity index (χ1) is 10.3. The van der Waals surface area contributed by atoms with Crippen LogP contribution in [0.25, 0.3) is 10.9 Å². The molecule has 1 saturated heterocycles. The Morgan fingerprint density at radius 2 is 2.24 bits per heavy atom.